The zero-order chi connectivity index (χ0) is 78.7. The van der Waals surface area contributed by atoms with E-state index in [1.54, 1.807) is 135 Å². The Hall–Kier alpha value is -12.2. The molecule has 0 atom stereocenters. The Balaban J connectivity index is 0.000000301. The number of ether oxygens (including phenoxy) is 12. The molecule has 30 nitrogen and oxygen atoms in total. The molecule has 2 aromatic heterocycles. The lowest BCUT2D eigenvalue weighted by Crippen LogP contribution is -2.10. The lowest BCUT2D eigenvalue weighted by Gasteiger charge is -2.16. The number of nitrogens with zero attached hydrogens (tertiary/aromatic N) is 6. The molecule has 2 heterocycles. The summed E-state index contributed by atoms with van der Waals surface area (Å²) in [7, 11) is 3.95. The summed E-state index contributed by atoms with van der Waals surface area (Å²) in [6.07, 6.45) is 1.84. The number of aromatic nitrogens is 6. The summed E-state index contributed by atoms with van der Waals surface area (Å²) in [5, 5.41) is 68.2. The third-order valence-corrected chi connectivity index (χ3v) is 16.6. The van der Waals surface area contributed by atoms with Gasteiger partial charge in [0.15, 0.2) is 34.9 Å². The fourth-order valence-corrected chi connectivity index (χ4v) is 10.5. The van der Waals surface area contributed by atoms with Crippen LogP contribution in [0.2, 0.25) is 0 Å². The number of aromatic hydroxyl groups is 6. The highest BCUT2D eigenvalue weighted by molar-refractivity contribution is 5.80. The maximum absolute atomic E-state index is 11.8. The van der Waals surface area contributed by atoms with Crippen LogP contribution in [0.1, 0.15) is 112 Å². The van der Waals surface area contributed by atoms with Crippen LogP contribution in [0.15, 0.2) is 72.8 Å². The number of hydrogen-bond acceptors (Lipinski definition) is 30. The predicted molar refractivity (Wildman–Crippen MR) is 391 cm³/mol. The van der Waals surface area contributed by atoms with E-state index in [0.717, 1.165) is 0 Å². The van der Waals surface area contributed by atoms with Gasteiger partial charge in [0.05, 0.1) is 133 Å². The largest absolute Gasteiger partial charge is 0.507 e. The molecule has 6 N–H and O–H groups in total. The Labute approximate surface area is 623 Å². The summed E-state index contributed by atoms with van der Waals surface area (Å²) in [4.78, 5) is 97.5. The molecule has 0 aliphatic rings. The molecule has 0 unspecified atom stereocenters. The van der Waals surface area contributed by atoms with Gasteiger partial charge in [0.25, 0.3) is 0 Å². The quantitative estimate of drug-likeness (QED) is 0.0121. The monoisotopic (exact) mass is 1490 g/mol. The molecular formula is C78H90N6O24. The molecule has 108 heavy (non-hydrogen) atoms. The first kappa shape index (κ1) is 83.0. The number of benzene rings is 6. The van der Waals surface area contributed by atoms with Crippen LogP contribution in [0, 0.1) is 41.5 Å². The van der Waals surface area contributed by atoms with E-state index < -0.39 is 17.9 Å². The van der Waals surface area contributed by atoms with Crippen LogP contribution in [0.3, 0.4) is 0 Å². The fourth-order valence-electron chi connectivity index (χ4n) is 10.5. The van der Waals surface area contributed by atoms with Crippen molar-refractivity contribution < 1.29 is 116 Å². The molecule has 0 aliphatic carbocycles. The van der Waals surface area contributed by atoms with E-state index in [1.165, 1.54) is 21.3 Å². The van der Waals surface area contributed by atoms with Crippen LogP contribution in [0.5, 0.6) is 69.0 Å². The third-order valence-electron chi connectivity index (χ3n) is 16.6. The number of carbonyl (C=O) groups is 6. The van der Waals surface area contributed by atoms with Gasteiger partial charge in [-0.25, -0.2) is 29.9 Å². The highest BCUT2D eigenvalue weighted by Crippen LogP contribution is 2.45. The first-order chi connectivity index (χ1) is 51.8. The zero-order valence-electron chi connectivity index (χ0n) is 62.4. The minimum Gasteiger partial charge on any atom is -0.507 e. The first-order valence-corrected chi connectivity index (χ1v) is 34.7. The molecule has 0 aliphatic heterocycles. The molecule has 0 spiro atoms. The standard InChI is InChI=1S/2C39H45N3O12/c1-22-28(52-19-7-10-31(43)49-4)16-13-25(34(22)46)37-40-38(26-14-17-29(23(2)35(26)47)53-20-8-11-32(44)50-5)42-39(41-37)27-15-18-30(24(3)36(27)48)54-21-9-12-33(45)51-6;1-7-49-31(43)16-19-52-28-13-10-25(34(46)22(28)4)37-40-38(26-11-14-29(23(5)35(26)47)53-20-17-32(44)50-8-2)42-39(41-37)27-12-15-30(24(6)36(27)48)54-21-18-33(45)51-9-3/h13-18,46-48H,7-12,19-21H2,1-6H3;10-15,46-48H,7-9,16-21H2,1-6H3. The van der Waals surface area contributed by atoms with Crippen molar-refractivity contribution >= 4 is 35.8 Å². The molecule has 0 saturated heterocycles. The minimum atomic E-state index is -0.411. The van der Waals surface area contributed by atoms with Crippen molar-refractivity contribution in [2.45, 2.75) is 120 Å². The molecule has 8 aromatic rings. The Kier molecular flexibility index (Phi) is 31.0. The van der Waals surface area contributed by atoms with Gasteiger partial charge in [-0.2, -0.15) is 0 Å². The number of phenolic OH excluding ortho intramolecular Hbond substituents is 6. The summed E-state index contributed by atoms with van der Waals surface area (Å²) in [5.41, 5.74) is 3.51. The fraction of sp³-hybridized carbons (Fsp3) is 0.385. The van der Waals surface area contributed by atoms with Gasteiger partial charge in [-0.3, -0.25) is 28.8 Å². The number of esters is 6. The van der Waals surface area contributed by atoms with Crippen molar-refractivity contribution in [1.82, 2.24) is 29.9 Å². The lowest BCUT2D eigenvalue weighted by molar-refractivity contribution is -0.144. The summed E-state index contributed by atoms with van der Waals surface area (Å²) in [6.45, 7) is 16.5. The van der Waals surface area contributed by atoms with Crippen molar-refractivity contribution in [3.8, 4) is 137 Å². The van der Waals surface area contributed by atoms with E-state index in [-0.39, 0.29) is 219 Å². The lowest BCUT2D eigenvalue weighted by atomic mass is 10.1. The van der Waals surface area contributed by atoms with E-state index >= 15 is 0 Å². The Bertz CT molecular complexity index is 4060. The average Bonchev–Trinajstić information content (AvgIpc) is 0.772. The number of carbonyl (C=O) groups excluding carboxylic acids is 6. The third kappa shape index (κ3) is 21.9. The van der Waals surface area contributed by atoms with Crippen molar-refractivity contribution in [2.24, 2.45) is 0 Å². The van der Waals surface area contributed by atoms with Gasteiger partial charge in [-0.05, 0) is 154 Å². The molecule has 0 fully saturated rings. The highest BCUT2D eigenvalue weighted by Gasteiger charge is 2.27. The van der Waals surface area contributed by atoms with Crippen LogP contribution in [-0.2, 0) is 57.2 Å². The van der Waals surface area contributed by atoms with Gasteiger partial charge >= 0.3 is 35.8 Å². The predicted octanol–water partition coefficient (Wildman–Crippen LogP) is 11.8. The van der Waals surface area contributed by atoms with Crippen molar-refractivity contribution in [1.29, 1.82) is 0 Å². The Morgan fingerprint density at radius 3 is 0.611 bits per heavy atom. The number of phenols is 6. The number of rotatable bonds is 36. The van der Waals surface area contributed by atoms with Gasteiger partial charge in [0.1, 0.15) is 69.0 Å². The van der Waals surface area contributed by atoms with Gasteiger partial charge in [-0.15, -0.1) is 0 Å². The van der Waals surface area contributed by atoms with E-state index in [0.29, 0.717) is 87.1 Å². The van der Waals surface area contributed by atoms with Crippen LogP contribution >= 0.6 is 0 Å². The normalized spacial score (nSPS) is 10.8. The van der Waals surface area contributed by atoms with Crippen LogP contribution in [0.25, 0.3) is 68.3 Å². The van der Waals surface area contributed by atoms with Gasteiger partial charge in [-0.1, -0.05) is 0 Å². The Morgan fingerprint density at radius 2 is 0.444 bits per heavy atom. The Morgan fingerprint density at radius 1 is 0.269 bits per heavy atom. The number of methoxy groups -OCH3 is 3. The summed E-state index contributed by atoms with van der Waals surface area (Å²) < 4.78 is 63.5. The zero-order valence-corrected chi connectivity index (χ0v) is 62.4. The van der Waals surface area contributed by atoms with E-state index in [4.69, 9.17) is 42.6 Å². The molecule has 0 bridgehead atoms. The smallest absolute Gasteiger partial charge is 0.309 e. The van der Waals surface area contributed by atoms with Crippen LogP contribution in [0.4, 0.5) is 0 Å². The second-order valence-electron chi connectivity index (χ2n) is 23.9. The van der Waals surface area contributed by atoms with E-state index in [1.807, 2.05) is 0 Å². The van der Waals surface area contributed by atoms with Crippen molar-refractivity contribution in [2.75, 3.05) is 80.8 Å². The minimum absolute atomic E-state index is 0.00676. The molecule has 30 heteroatoms. The van der Waals surface area contributed by atoms with Gasteiger partial charge in [0, 0.05) is 52.6 Å². The van der Waals surface area contributed by atoms with Crippen molar-refractivity contribution in [3.63, 3.8) is 0 Å². The molecule has 0 saturated carbocycles. The second kappa shape index (κ2) is 40.3. The molecular weight excluding hydrogens is 1400 g/mol. The molecule has 6 aromatic carbocycles. The maximum atomic E-state index is 11.8. The molecule has 8 rings (SSSR count). The molecule has 0 radical (unpaired) electrons. The molecule has 0 amide bonds. The summed E-state index contributed by atoms with van der Waals surface area (Å²) in [6, 6.07) is 19.1. The SMILES string of the molecule is CCOC(=O)CCOc1ccc(-c2nc(-c3ccc(OCCC(=O)OCC)c(C)c3O)nc(-c3ccc(OCCC(=O)OCC)c(C)c3O)n2)c(O)c1C.COC(=O)CCCOc1ccc(-c2nc(-c3ccc(OCCCC(=O)OC)c(C)c3O)nc(-c3ccc(OCCCC(=O)OC)c(C)c3O)n2)c(O)c1C. The van der Waals surface area contributed by atoms with Gasteiger partial charge < -0.3 is 87.5 Å². The average molecular weight is 1500 g/mol. The van der Waals surface area contributed by atoms with Crippen molar-refractivity contribution in [3.05, 3.63) is 106 Å². The highest BCUT2D eigenvalue weighted by atomic mass is 16.6. The number of hydrogen-bond donors (Lipinski definition) is 6. The maximum Gasteiger partial charge on any atom is 0.309 e. The van der Waals surface area contributed by atoms with E-state index in [9.17, 15) is 59.4 Å². The summed E-state index contributed by atoms with van der Waals surface area (Å²) >= 11 is 0. The van der Waals surface area contributed by atoms with Crippen LogP contribution in [-0.4, -0.2) is 177 Å². The molecule has 576 valence electrons. The van der Waals surface area contributed by atoms with E-state index in [2.05, 4.69) is 44.1 Å². The second-order valence-corrected chi connectivity index (χ2v) is 23.9. The van der Waals surface area contributed by atoms with Gasteiger partial charge in [0.2, 0.25) is 0 Å². The summed E-state index contributed by atoms with van der Waals surface area (Å²) in [5.74, 6) is -1.14. The first-order valence-electron chi connectivity index (χ1n) is 34.7. The van der Waals surface area contributed by atoms with Crippen LogP contribution < -0.4 is 28.4 Å². The topological polar surface area (TPSA) is 412 Å².